The van der Waals surface area contributed by atoms with E-state index in [4.69, 9.17) is 0 Å². The number of aliphatic hydroxyl groups excluding tert-OH is 2. The van der Waals surface area contributed by atoms with Crippen molar-refractivity contribution in [1.82, 2.24) is 5.32 Å². The molecule has 0 spiro atoms. The summed E-state index contributed by atoms with van der Waals surface area (Å²) in [6.45, 7) is 4.16. The molecule has 4 nitrogen and oxygen atoms in total. The van der Waals surface area contributed by atoms with Crippen molar-refractivity contribution in [2.24, 2.45) is 0 Å². The summed E-state index contributed by atoms with van der Waals surface area (Å²) in [5.41, 5.74) is 0. The SMILES string of the molecule is CC/C=C\C/C=C\C/C=C\C/C=C\C/C=C\C/C=C\C/C=C\C/C=C\C/C=C\C/C=C\C/C=C\C/C=C\CCCCCCC(=O)NC(CO)C(O)/C=C/CC/C=C/CC/C=C/CCCCCCCCCCCCCC. The van der Waals surface area contributed by atoms with Gasteiger partial charge in [0.2, 0.25) is 5.91 Å². The van der Waals surface area contributed by atoms with Gasteiger partial charge in [0.25, 0.3) is 0 Å². The van der Waals surface area contributed by atoms with E-state index in [1.807, 2.05) is 6.08 Å². The Morgan fingerprint density at radius 3 is 0.933 bits per heavy atom. The number of carbonyl (C=O) groups is 1. The van der Waals surface area contributed by atoms with Gasteiger partial charge in [-0.1, -0.05) is 280 Å². The quantitative estimate of drug-likeness (QED) is 0.0420. The van der Waals surface area contributed by atoms with Gasteiger partial charge in [0.1, 0.15) is 0 Å². The van der Waals surface area contributed by atoms with E-state index in [1.54, 1.807) is 6.08 Å². The molecule has 0 aromatic heterocycles. The molecule has 2 atom stereocenters. The van der Waals surface area contributed by atoms with Gasteiger partial charge in [-0.25, -0.2) is 0 Å². The largest absolute Gasteiger partial charge is 0.394 e. The second-order valence-electron chi connectivity index (χ2n) is 19.7. The summed E-state index contributed by atoms with van der Waals surface area (Å²) in [4.78, 5) is 12.5. The van der Waals surface area contributed by atoms with Crippen molar-refractivity contribution >= 4 is 5.91 Å². The van der Waals surface area contributed by atoms with Crippen LogP contribution in [0.5, 0.6) is 0 Å². The van der Waals surface area contributed by atoms with Crippen molar-refractivity contribution in [2.45, 2.75) is 251 Å². The number of allylic oxidation sites excluding steroid dienone is 29. The molecule has 0 aromatic rings. The van der Waals surface area contributed by atoms with Gasteiger partial charge in [-0.2, -0.15) is 0 Å². The number of rotatable bonds is 53. The molecule has 2 unspecified atom stereocenters. The van der Waals surface area contributed by atoms with Gasteiger partial charge in [-0.05, 0) is 135 Å². The zero-order chi connectivity index (χ0) is 54.1. The molecule has 0 aliphatic carbocycles. The standard InChI is InChI=1S/C71H113NO3/c1-3-5-7-9-11-13-15-17-19-21-23-25-27-28-29-30-31-32-33-34-35-36-37-38-39-40-41-42-43-44-45-47-49-51-53-55-57-59-61-63-65-67-71(75)72-69(68-73)70(74)66-64-62-60-58-56-54-52-50-48-46-26-24-22-20-18-16-14-12-10-8-6-4-2/h5,7,11,13,17,19,23,25,28-29,31-32,34-35,37-38,40-41,43-44,47-50,53,55-56,58,64,66,69-70,73-74H,3-4,6,8-10,12,14-16,18,20-22,24,26-27,30,33,36,39,42,45-46,51-52,54,57,59-63,65,67-68H2,1-2H3,(H,72,75)/b7-5-,13-11-,19-17-,25-23-,29-28-,32-31-,35-34-,38-37-,41-40-,44-43-,49-47-,50-48+,55-53-,58-56+,66-64+. The number of hydrogen-bond donors (Lipinski definition) is 3. The fourth-order valence-corrected chi connectivity index (χ4v) is 8.01. The predicted octanol–water partition coefficient (Wildman–Crippen LogP) is 20.9. The van der Waals surface area contributed by atoms with Crippen molar-refractivity contribution in [3.8, 4) is 0 Å². The first-order valence-corrected chi connectivity index (χ1v) is 30.5. The minimum absolute atomic E-state index is 0.109. The third-order valence-electron chi connectivity index (χ3n) is 12.6. The Labute approximate surface area is 463 Å². The van der Waals surface area contributed by atoms with Crippen LogP contribution in [0.4, 0.5) is 0 Å². The summed E-state index contributed by atoms with van der Waals surface area (Å²) in [6.07, 6.45) is 105. The maximum atomic E-state index is 12.5. The molecule has 0 heterocycles. The van der Waals surface area contributed by atoms with Crippen LogP contribution >= 0.6 is 0 Å². The Morgan fingerprint density at radius 1 is 0.333 bits per heavy atom. The second kappa shape index (κ2) is 63.8. The van der Waals surface area contributed by atoms with Crippen LogP contribution in [0.3, 0.4) is 0 Å². The molecule has 0 rings (SSSR count). The summed E-state index contributed by atoms with van der Waals surface area (Å²) in [7, 11) is 0. The molecule has 0 bridgehead atoms. The molecule has 0 fully saturated rings. The van der Waals surface area contributed by atoms with Crippen LogP contribution in [0, 0.1) is 0 Å². The van der Waals surface area contributed by atoms with Crippen molar-refractivity contribution in [1.29, 1.82) is 0 Å². The topological polar surface area (TPSA) is 69.6 Å². The Hall–Kier alpha value is -4.51. The molecule has 0 radical (unpaired) electrons. The average Bonchev–Trinajstić information content (AvgIpc) is 3.41. The van der Waals surface area contributed by atoms with Gasteiger partial charge in [0.15, 0.2) is 0 Å². The van der Waals surface area contributed by atoms with Crippen molar-refractivity contribution < 1.29 is 15.0 Å². The lowest BCUT2D eigenvalue weighted by molar-refractivity contribution is -0.123. The molecule has 0 aromatic carbocycles. The summed E-state index contributed by atoms with van der Waals surface area (Å²) >= 11 is 0. The molecule has 1 amide bonds. The molecule has 420 valence electrons. The first-order chi connectivity index (χ1) is 37.2. The zero-order valence-corrected chi connectivity index (χ0v) is 48.2. The van der Waals surface area contributed by atoms with Crippen molar-refractivity contribution in [2.75, 3.05) is 6.61 Å². The molecule has 3 N–H and O–H groups in total. The lowest BCUT2D eigenvalue weighted by Crippen LogP contribution is -2.45. The smallest absolute Gasteiger partial charge is 0.220 e. The van der Waals surface area contributed by atoms with Crippen molar-refractivity contribution in [3.05, 3.63) is 182 Å². The molecule has 0 aliphatic heterocycles. The molecule has 75 heavy (non-hydrogen) atoms. The highest BCUT2D eigenvalue weighted by Gasteiger charge is 2.17. The monoisotopic (exact) mass is 1030 g/mol. The van der Waals surface area contributed by atoms with E-state index in [1.165, 1.54) is 83.5 Å². The first kappa shape index (κ1) is 70.5. The van der Waals surface area contributed by atoms with Gasteiger partial charge in [-0.15, -0.1) is 0 Å². The van der Waals surface area contributed by atoms with Crippen LogP contribution in [0.15, 0.2) is 182 Å². The average molecular weight is 1030 g/mol. The van der Waals surface area contributed by atoms with Crippen LogP contribution in [0.2, 0.25) is 0 Å². The van der Waals surface area contributed by atoms with Crippen LogP contribution in [-0.4, -0.2) is 34.9 Å². The molecule has 0 saturated heterocycles. The molecular formula is C71H113NO3. The predicted molar refractivity (Wildman–Crippen MR) is 335 cm³/mol. The lowest BCUT2D eigenvalue weighted by Gasteiger charge is -2.19. The zero-order valence-electron chi connectivity index (χ0n) is 48.2. The second-order valence-corrected chi connectivity index (χ2v) is 19.7. The molecular weight excluding hydrogens is 915 g/mol. The Morgan fingerprint density at radius 2 is 0.600 bits per heavy atom. The fourth-order valence-electron chi connectivity index (χ4n) is 8.01. The highest BCUT2D eigenvalue weighted by molar-refractivity contribution is 5.76. The van der Waals surface area contributed by atoms with Crippen molar-refractivity contribution in [3.63, 3.8) is 0 Å². The van der Waals surface area contributed by atoms with E-state index < -0.39 is 12.1 Å². The van der Waals surface area contributed by atoms with Gasteiger partial charge >= 0.3 is 0 Å². The van der Waals surface area contributed by atoms with E-state index in [9.17, 15) is 15.0 Å². The highest BCUT2D eigenvalue weighted by Crippen LogP contribution is 2.13. The van der Waals surface area contributed by atoms with E-state index in [-0.39, 0.29) is 12.5 Å². The maximum Gasteiger partial charge on any atom is 0.220 e. The number of unbranched alkanes of at least 4 members (excludes halogenated alkanes) is 18. The molecule has 0 aliphatic rings. The van der Waals surface area contributed by atoms with Gasteiger partial charge in [0, 0.05) is 6.42 Å². The highest BCUT2D eigenvalue weighted by atomic mass is 16.3. The van der Waals surface area contributed by atoms with Gasteiger partial charge < -0.3 is 15.5 Å². The number of nitrogens with one attached hydrogen (secondary N) is 1. The lowest BCUT2D eigenvalue weighted by atomic mass is 10.0. The third-order valence-corrected chi connectivity index (χ3v) is 12.6. The minimum Gasteiger partial charge on any atom is -0.394 e. The van der Waals surface area contributed by atoms with Crippen LogP contribution in [-0.2, 0) is 4.79 Å². The number of aliphatic hydroxyl groups is 2. The summed E-state index contributed by atoms with van der Waals surface area (Å²) in [5, 5.41) is 23.1. The number of hydrogen-bond acceptors (Lipinski definition) is 3. The fraction of sp³-hybridized carbons (Fsp3) is 0.563. The van der Waals surface area contributed by atoms with Gasteiger partial charge in [-0.3, -0.25) is 4.79 Å². The summed E-state index contributed by atoms with van der Waals surface area (Å²) < 4.78 is 0. The van der Waals surface area contributed by atoms with Gasteiger partial charge in [0.05, 0.1) is 18.8 Å². The Bertz CT molecular complexity index is 1690. The third kappa shape index (κ3) is 60.2. The molecule has 4 heteroatoms. The number of amides is 1. The normalized spacial score (nSPS) is 14.1. The summed E-state index contributed by atoms with van der Waals surface area (Å²) in [6, 6.07) is -0.674. The van der Waals surface area contributed by atoms with E-state index in [2.05, 4.69) is 189 Å². The van der Waals surface area contributed by atoms with Crippen LogP contribution in [0.1, 0.15) is 239 Å². The summed E-state index contributed by atoms with van der Waals surface area (Å²) in [5.74, 6) is -0.109. The Balaban J connectivity index is 3.74. The van der Waals surface area contributed by atoms with E-state index >= 15 is 0 Å². The van der Waals surface area contributed by atoms with E-state index in [0.29, 0.717) is 6.42 Å². The molecule has 0 saturated carbocycles. The minimum atomic E-state index is -0.896. The Kier molecular flexibility index (Phi) is 59.9. The van der Waals surface area contributed by atoms with E-state index in [0.717, 1.165) is 135 Å². The van der Waals surface area contributed by atoms with Crippen LogP contribution in [0.25, 0.3) is 0 Å². The maximum absolute atomic E-state index is 12.5. The van der Waals surface area contributed by atoms with Crippen LogP contribution < -0.4 is 5.32 Å². The first-order valence-electron chi connectivity index (χ1n) is 30.5. The number of carbonyl (C=O) groups excluding carboxylic acids is 1.